The fourth-order valence-corrected chi connectivity index (χ4v) is 2.32. The van der Waals surface area contributed by atoms with Crippen molar-refractivity contribution in [3.8, 4) is 5.75 Å². The Bertz CT molecular complexity index is 592. The van der Waals surface area contributed by atoms with E-state index in [0.29, 0.717) is 33.8 Å². The molecule has 21 heavy (non-hydrogen) atoms. The monoisotopic (exact) mass is 323 g/mol. The molecule has 0 saturated heterocycles. The number of carbonyl (C=O) groups is 1. The Hall–Kier alpha value is -1.58. The summed E-state index contributed by atoms with van der Waals surface area (Å²) in [5.74, 6) is 0.435. The van der Waals surface area contributed by atoms with Crippen molar-refractivity contribution < 1.29 is 9.53 Å². The van der Waals surface area contributed by atoms with Crippen molar-refractivity contribution in [2.24, 2.45) is 4.99 Å². The van der Waals surface area contributed by atoms with Crippen LogP contribution in [0.2, 0.25) is 10.0 Å². The van der Waals surface area contributed by atoms with Crippen LogP contribution in [-0.4, -0.2) is 18.1 Å². The molecule has 0 atom stereocenters. The van der Waals surface area contributed by atoms with Gasteiger partial charge in [0.05, 0.1) is 28.1 Å². The molecule has 2 rings (SSSR count). The molecule has 0 aliphatic heterocycles. The van der Waals surface area contributed by atoms with Crippen LogP contribution in [0, 0.1) is 0 Å². The van der Waals surface area contributed by atoms with Gasteiger partial charge in [-0.25, -0.2) is 4.99 Å². The van der Waals surface area contributed by atoms with E-state index in [1.807, 2.05) is 0 Å². The number of carbonyl (C=O) groups excluding carboxylic acids is 1. The molecule has 0 radical (unpaired) electrons. The van der Waals surface area contributed by atoms with Gasteiger partial charge in [0.25, 0.3) is 0 Å². The number of aliphatic imine (C=N–C) groups is 1. The molecule has 1 aromatic carbocycles. The smallest absolute Gasteiger partial charge is 0.178 e. The van der Waals surface area contributed by atoms with Gasteiger partial charge in [-0.1, -0.05) is 36.5 Å². The Balaban J connectivity index is 2.20. The lowest BCUT2D eigenvalue weighted by Gasteiger charge is -2.10. The van der Waals surface area contributed by atoms with Crippen LogP contribution >= 0.6 is 23.2 Å². The van der Waals surface area contributed by atoms with Gasteiger partial charge in [-0.2, -0.15) is 0 Å². The minimum absolute atomic E-state index is 0.0512. The summed E-state index contributed by atoms with van der Waals surface area (Å²) in [4.78, 5) is 15.4. The zero-order valence-electron chi connectivity index (χ0n) is 11.6. The lowest BCUT2D eigenvalue weighted by atomic mass is 10.1. The highest BCUT2D eigenvalue weighted by Gasteiger charge is 2.10. The molecule has 0 aromatic heterocycles. The third-order valence-electron chi connectivity index (χ3n) is 2.82. The van der Waals surface area contributed by atoms with Crippen LogP contribution in [0.4, 0.5) is 5.69 Å². The summed E-state index contributed by atoms with van der Waals surface area (Å²) in [6, 6.07) is 3.39. The lowest BCUT2D eigenvalue weighted by Crippen LogP contribution is -1.99. The van der Waals surface area contributed by atoms with Crippen molar-refractivity contribution in [3.63, 3.8) is 0 Å². The second-order valence-corrected chi connectivity index (χ2v) is 5.36. The molecular weight excluding hydrogens is 309 g/mol. The fraction of sp³-hybridized carbons (Fsp3) is 0.250. The topological polar surface area (TPSA) is 38.7 Å². The quantitative estimate of drug-likeness (QED) is 0.568. The minimum atomic E-state index is -0.0512. The van der Waals surface area contributed by atoms with Gasteiger partial charge in [-0.3, -0.25) is 4.79 Å². The highest BCUT2D eigenvalue weighted by Crippen LogP contribution is 2.37. The second-order valence-electron chi connectivity index (χ2n) is 4.55. The molecule has 0 amide bonds. The SMILES string of the molecule is CCCCOc1c(Cl)cc(N=C2C=CC(=O)C=C2)cc1Cl. The average molecular weight is 324 g/mol. The Labute approximate surface area is 133 Å². The number of hydrogen-bond acceptors (Lipinski definition) is 3. The van der Waals surface area contributed by atoms with Gasteiger partial charge in [0.15, 0.2) is 11.5 Å². The predicted octanol–water partition coefficient (Wildman–Crippen LogP) is 4.94. The van der Waals surface area contributed by atoms with E-state index in [2.05, 4.69) is 11.9 Å². The zero-order chi connectivity index (χ0) is 15.2. The molecule has 1 aromatic rings. The van der Waals surface area contributed by atoms with E-state index in [9.17, 15) is 4.79 Å². The average Bonchev–Trinajstić information content (AvgIpc) is 2.44. The van der Waals surface area contributed by atoms with Crippen molar-refractivity contribution in [1.82, 2.24) is 0 Å². The summed E-state index contributed by atoms with van der Waals surface area (Å²) >= 11 is 12.4. The first-order valence-corrected chi connectivity index (χ1v) is 7.46. The van der Waals surface area contributed by atoms with Crippen LogP contribution in [0.3, 0.4) is 0 Å². The maximum atomic E-state index is 11.1. The summed E-state index contributed by atoms with van der Waals surface area (Å²) in [6.45, 7) is 2.67. The van der Waals surface area contributed by atoms with Crippen LogP contribution in [-0.2, 0) is 4.79 Å². The Morgan fingerprint density at radius 1 is 1.10 bits per heavy atom. The van der Waals surface area contributed by atoms with Crippen LogP contribution in [0.5, 0.6) is 5.75 Å². The number of ketones is 1. The number of ether oxygens (including phenoxy) is 1. The van der Waals surface area contributed by atoms with Crippen molar-refractivity contribution in [1.29, 1.82) is 0 Å². The van der Waals surface area contributed by atoms with Gasteiger partial charge in [0, 0.05) is 0 Å². The summed E-state index contributed by atoms with van der Waals surface area (Å²) < 4.78 is 5.58. The van der Waals surface area contributed by atoms with Gasteiger partial charge < -0.3 is 4.74 Å². The molecule has 1 aliphatic rings. The number of rotatable bonds is 5. The summed E-state index contributed by atoms with van der Waals surface area (Å²) in [7, 11) is 0. The van der Waals surface area contributed by atoms with E-state index in [-0.39, 0.29) is 5.78 Å². The maximum Gasteiger partial charge on any atom is 0.178 e. The Morgan fingerprint density at radius 2 is 1.71 bits per heavy atom. The molecule has 0 unspecified atom stereocenters. The number of halogens is 2. The van der Waals surface area contributed by atoms with Crippen LogP contribution in [0.15, 0.2) is 41.4 Å². The molecule has 0 N–H and O–H groups in total. The van der Waals surface area contributed by atoms with Gasteiger partial charge in [0.2, 0.25) is 0 Å². The van der Waals surface area contributed by atoms with Crippen molar-refractivity contribution >= 4 is 40.4 Å². The fourth-order valence-electron chi connectivity index (χ4n) is 1.74. The van der Waals surface area contributed by atoms with Gasteiger partial charge in [-0.15, -0.1) is 0 Å². The normalized spacial score (nSPS) is 13.7. The summed E-state index contributed by atoms with van der Waals surface area (Å²) in [5.41, 5.74) is 1.29. The molecule has 0 heterocycles. The van der Waals surface area contributed by atoms with E-state index in [1.54, 1.807) is 24.3 Å². The molecule has 0 saturated carbocycles. The molecule has 0 spiro atoms. The third kappa shape index (κ3) is 4.45. The Morgan fingerprint density at radius 3 is 2.29 bits per heavy atom. The first-order chi connectivity index (χ1) is 10.1. The first-order valence-electron chi connectivity index (χ1n) is 6.71. The number of nitrogens with zero attached hydrogens (tertiary/aromatic N) is 1. The standard InChI is InChI=1S/C16H15Cl2NO2/c1-2-3-8-21-16-14(17)9-12(10-15(16)18)19-11-4-6-13(20)7-5-11/h4-7,9-10H,2-3,8H2,1H3. The van der Waals surface area contributed by atoms with Gasteiger partial charge >= 0.3 is 0 Å². The molecule has 0 fully saturated rings. The number of hydrogen-bond donors (Lipinski definition) is 0. The van der Waals surface area contributed by atoms with E-state index in [4.69, 9.17) is 27.9 Å². The number of allylic oxidation sites excluding steroid dienone is 4. The van der Waals surface area contributed by atoms with Gasteiger partial charge in [0.1, 0.15) is 0 Å². The van der Waals surface area contributed by atoms with Crippen LogP contribution in [0.1, 0.15) is 19.8 Å². The van der Waals surface area contributed by atoms with Gasteiger partial charge in [-0.05, 0) is 42.9 Å². The van der Waals surface area contributed by atoms with Crippen molar-refractivity contribution in [2.45, 2.75) is 19.8 Å². The number of unbranched alkanes of at least 4 members (excludes halogenated alkanes) is 1. The number of benzene rings is 1. The molecule has 3 nitrogen and oxygen atoms in total. The molecule has 5 heteroatoms. The first kappa shape index (κ1) is 15.8. The minimum Gasteiger partial charge on any atom is -0.490 e. The lowest BCUT2D eigenvalue weighted by molar-refractivity contribution is -0.110. The van der Waals surface area contributed by atoms with Crippen LogP contribution < -0.4 is 4.74 Å². The van der Waals surface area contributed by atoms with E-state index in [0.717, 1.165) is 12.8 Å². The largest absolute Gasteiger partial charge is 0.490 e. The zero-order valence-corrected chi connectivity index (χ0v) is 13.1. The van der Waals surface area contributed by atoms with Crippen LogP contribution in [0.25, 0.3) is 0 Å². The highest BCUT2D eigenvalue weighted by atomic mass is 35.5. The highest BCUT2D eigenvalue weighted by molar-refractivity contribution is 6.37. The predicted molar refractivity (Wildman–Crippen MR) is 87.2 cm³/mol. The third-order valence-corrected chi connectivity index (χ3v) is 3.38. The van der Waals surface area contributed by atoms with E-state index in [1.165, 1.54) is 12.2 Å². The van der Waals surface area contributed by atoms with Crippen molar-refractivity contribution in [3.05, 3.63) is 46.5 Å². The molecular formula is C16H15Cl2NO2. The summed E-state index contributed by atoms with van der Waals surface area (Å²) in [5, 5.41) is 0.857. The second kappa shape index (κ2) is 7.43. The Kier molecular flexibility index (Phi) is 5.59. The van der Waals surface area contributed by atoms with E-state index >= 15 is 0 Å². The molecule has 110 valence electrons. The van der Waals surface area contributed by atoms with Crippen molar-refractivity contribution in [2.75, 3.05) is 6.61 Å². The molecule has 1 aliphatic carbocycles. The van der Waals surface area contributed by atoms with E-state index < -0.39 is 0 Å². The maximum absolute atomic E-state index is 11.1. The molecule has 0 bridgehead atoms. The summed E-state index contributed by atoms with van der Waals surface area (Å²) in [6.07, 6.45) is 8.21.